The van der Waals surface area contributed by atoms with Crippen LogP contribution < -0.4 is 15.2 Å². The quantitative estimate of drug-likeness (QED) is 0.745. The number of rotatable bonds is 2. The number of nitrogens with one attached hydrogen (secondary N) is 1. The molecule has 0 bridgehead atoms. The van der Waals surface area contributed by atoms with E-state index in [4.69, 9.17) is 15.2 Å². The first-order valence-corrected chi connectivity index (χ1v) is 9.25. The highest BCUT2D eigenvalue weighted by Crippen LogP contribution is 2.35. The van der Waals surface area contributed by atoms with Crippen molar-refractivity contribution in [3.05, 3.63) is 34.6 Å². The van der Waals surface area contributed by atoms with Gasteiger partial charge in [0.15, 0.2) is 17.2 Å². The van der Waals surface area contributed by atoms with Gasteiger partial charge in [0.05, 0.1) is 5.56 Å². The van der Waals surface area contributed by atoms with Gasteiger partial charge in [0.1, 0.15) is 13.2 Å². The Labute approximate surface area is 162 Å². The highest BCUT2D eigenvalue weighted by molar-refractivity contribution is 6.00. The van der Waals surface area contributed by atoms with Crippen LogP contribution in [0.15, 0.2) is 12.1 Å². The first kappa shape index (κ1) is 18.1. The Kier molecular flexibility index (Phi) is 4.58. The zero-order chi connectivity index (χ0) is 19.8. The molecule has 3 N–H and O–H groups in total. The van der Waals surface area contributed by atoms with Crippen LogP contribution >= 0.6 is 0 Å². The van der Waals surface area contributed by atoms with Gasteiger partial charge in [-0.1, -0.05) is 0 Å². The standard InChI is InChI=1S/C19H23N5O4/c1-11-12(2)21-22-17(11)19(26)24-5-3-23(4-6-24)18(25)13-9-15-16(10-14(13)20)28-8-7-27-15/h9-10H,3-8,20H2,1-2H3,(H,21,22). The van der Waals surface area contributed by atoms with E-state index in [2.05, 4.69) is 10.2 Å². The van der Waals surface area contributed by atoms with E-state index < -0.39 is 0 Å². The van der Waals surface area contributed by atoms with Crippen molar-refractivity contribution in [2.24, 2.45) is 0 Å². The fourth-order valence-electron chi connectivity index (χ4n) is 3.42. The number of anilines is 1. The summed E-state index contributed by atoms with van der Waals surface area (Å²) in [7, 11) is 0. The minimum Gasteiger partial charge on any atom is -0.486 e. The van der Waals surface area contributed by atoms with E-state index in [1.807, 2.05) is 13.8 Å². The molecule has 0 aliphatic carbocycles. The van der Waals surface area contributed by atoms with Crippen LogP contribution in [-0.2, 0) is 0 Å². The van der Waals surface area contributed by atoms with Gasteiger partial charge < -0.3 is 25.0 Å². The van der Waals surface area contributed by atoms with E-state index in [0.29, 0.717) is 67.8 Å². The molecule has 1 aromatic heterocycles. The third kappa shape index (κ3) is 3.12. The van der Waals surface area contributed by atoms with Crippen LogP contribution in [-0.4, -0.2) is 71.2 Å². The summed E-state index contributed by atoms with van der Waals surface area (Å²) in [6.07, 6.45) is 0. The lowest BCUT2D eigenvalue weighted by molar-refractivity contribution is 0.0532. The average Bonchev–Trinajstić information content (AvgIpc) is 3.05. The van der Waals surface area contributed by atoms with Gasteiger partial charge in [-0.2, -0.15) is 5.10 Å². The van der Waals surface area contributed by atoms with Crippen LogP contribution in [0.1, 0.15) is 32.1 Å². The summed E-state index contributed by atoms with van der Waals surface area (Å²) in [4.78, 5) is 29.0. The molecule has 0 atom stereocenters. The maximum absolute atomic E-state index is 12.9. The number of nitrogens with zero attached hydrogens (tertiary/aromatic N) is 3. The van der Waals surface area contributed by atoms with Crippen LogP contribution in [0, 0.1) is 13.8 Å². The van der Waals surface area contributed by atoms with E-state index in [-0.39, 0.29) is 11.8 Å². The Hall–Kier alpha value is -3.23. The Morgan fingerprint density at radius 3 is 2.14 bits per heavy atom. The third-order valence-corrected chi connectivity index (χ3v) is 5.25. The minimum atomic E-state index is -0.173. The summed E-state index contributed by atoms with van der Waals surface area (Å²) in [5, 5.41) is 6.94. The molecule has 9 heteroatoms. The van der Waals surface area contributed by atoms with Crippen molar-refractivity contribution in [2.75, 3.05) is 45.1 Å². The number of carbonyl (C=O) groups excluding carboxylic acids is 2. The number of hydrogen-bond donors (Lipinski definition) is 2. The fraction of sp³-hybridized carbons (Fsp3) is 0.421. The van der Waals surface area contributed by atoms with Crippen LogP contribution in [0.25, 0.3) is 0 Å². The van der Waals surface area contributed by atoms with Gasteiger partial charge in [-0.3, -0.25) is 14.7 Å². The van der Waals surface area contributed by atoms with E-state index in [1.54, 1.807) is 21.9 Å². The summed E-state index contributed by atoms with van der Waals surface area (Å²) in [5.74, 6) is 0.795. The molecule has 0 unspecified atom stereocenters. The molecule has 2 aliphatic heterocycles. The van der Waals surface area contributed by atoms with E-state index >= 15 is 0 Å². The average molecular weight is 385 g/mol. The number of fused-ring (bicyclic) bond motifs is 1. The zero-order valence-corrected chi connectivity index (χ0v) is 15.9. The number of carbonyl (C=O) groups is 2. The van der Waals surface area contributed by atoms with E-state index in [1.165, 1.54) is 0 Å². The summed E-state index contributed by atoms with van der Waals surface area (Å²) < 4.78 is 11.0. The number of aromatic amines is 1. The normalized spacial score (nSPS) is 16.2. The predicted molar refractivity (Wildman–Crippen MR) is 102 cm³/mol. The van der Waals surface area contributed by atoms with Gasteiger partial charge in [0.2, 0.25) is 0 Å². The van der Waals surface area contributed by atoms with Gasteiger partial charge in [-0.15, -0.1) is 0 Å². The number of H-pyrrole nitrogens is 1. The fourth-order valence-corrected chi connectivity index (χ4v) is 3.42. The molecule has 2 aliphatic rings. The lowest BCUT2D eigenvalue weighted by Crippen LogP contribution is -2.50. The summed E-state index contributed by atoms with van der Waals surface area (Å²) >= 11 is 0. The van der Waals surface area contributed by atoms with Crippen LogP contribution in [0.5, 0.6) is 11.5 Å². The van der Waals surface area contributed by atoms with Crippen molar-refractivity contribution in [2.45, 2.75) is 13.8 Å². The second-order valence-corrected chi connectivity index (χ2v) is 6.99. The van der Waals surface area contributed by atoms with Gasteiger partial charge >= 0.3 is 0 Å². The largest absolute Gasteiger partial charge is 0.486 e. The Balaban J connectivity index is 1.44. The summed E-state index contributed by atoms with van der Waals surface area (Å²) in [5.41, 5.74) is 8.98. The molecule has 1 saturated heterocycles. The molecule has 3 heterocycles. The molecule has 0 spiro atoms. The topological polar surface area (TPSA) is 114 Å². The number of aromatic nitrogens is 2. The third-order valence-electron chi connectivity index (χ3n) is 5.25. The summed E-state index contributed by atoms with van der Waals surface area (Å²) in [6, 6.07) is 3.27. The highest BCUT2D eigenvalue weighted by atomic mass is 16.6. The van der Waals surface area contributed by atoms with Crippen LogP contribution in [0.3, 0.4) is 0 Å². The number of nitrogen functional groups attached to an aromatic ring is 1. The number of benzene rings is 1. The molecule has 1 fully saturated rings. The van der Waals surface area contributed by atoms with E-state index in [9.17, 15) is 9.59 Å². The molecule has 1 aromatic carbocycles. The van der Waals surface area contributed by atoms with Gasteiger partial charge in [-0.05, 0) is 19.9 Å². The smallest absolute Gasteiger partial charge is 0.274 e. The predicted octanol–water partition coefficient (Wildman–Crippen LogP) is 0.978. The number of amides is 2. The maximum atomic E-state index is 12.9. The Morgan fingerprint density at radius 1 is 1.00 bits per heavy atom. The Morgan fingerprint density at radius 2 is 1.57 bits per heavy atom. The van der Waals surface area contributed by atoms with Crippen molar-refractivity contribution in [3.8, 4) is 11.5 Å². The first-order valence-electron chi connectivity index (χ1n) is 9.25. The second kappa shape index (κ2) is 7.06. The van der Waals surface area contributed by atoms with Gasteiger partial charge in [0.25, 0.3) is 11.8 Å². The monoisotopic (exact) mass is 385 g/mol. The molecule has 0 saturated carbocycles. The van der Waals surface area contributed by atoms with Crippen LogP contribution in [0.4, 0.5) is 5.69 Å². The van der Waals surface area contributed by atoms with Crippen LogP contribution in [0.2, 0.25) is 0 Å². The molecular weight excluding hydrogens is 362 g/mol. The first-order chi connectivity index (χ1) is 13.5. The van der Waals surface area contributed by atoms with E-state index in [0.717, 1.165) is 11.3 Å². The molecule has 2 aromatic rings. The molecule has 0 radical (unpaired) electrons. The molecular formula is C19H23N5O4. The molecule has 148 valence electrons. The molecule has 4 rings (SSSR count). The number of ether oxygens (including phenoxy) is 2. The summed E-state index contributed by atoms with van der Waals surface area (Å²) in [6.45, 7) is 6.41. The number of piperazine rings is 1. The van der Waals surface area contributed by atoms with Crippen molar-refractivity contribution in [1.82, 2.24) is 20.0 Å². The number of nitrogens with two attached hydrogens (primary N) is 1. The molecule has 9 nitrogen and oxygen atoms in total. The lowest BCUT2D eigenvalue weighted by Gasteiger charge is -2.35. The molecule has 2 amide bonds. The number of hydrogen-bond acceptors (Lipinski definition) is 6. The zero-order valence-electron chi connectivity index (χ0n) is 15.9. The second-order valence-electron chi connectivity index (χ2n) is 6.99. The van der Waals surface area contributed by atoms with Gasteiger partial charge in [0, 0.05) is 49.2 Å². The number of aryl methyl sites for hydroxylation is 1. The van der Waals surface area contributed by atoms with Crippen molar-refractivity contribution >= 4 is 17.5 Å². The van der Waals surface area contributed by atoms with Crippen molar-refractivity contribution in [3.63, 3.8) is 0 Å². The minimum absolute atomic E-state index is 0.118. The van der Waals surface area contributed by atoms with Crippen molar-refractivity contribution in [1.29, 1.82) is 0 Å². The maximum Gasteiger partial charge on any atom is 0.274 e. The SMILES string of the molecule is Cc1[nH]nc(C(=O)N2CCN(C(=O)c3cc4c(cc3N)OCCO4)CC2)c1C. The molecule has 28 heavy (non-hydrogen) atoms. The Bertz CT molecular complexity index is 931. The van der Waals surface area contributed by atoms with Gasteiger partial charge in [-0.25, -0.2) is 0 Å². The van der Waals surface area contributed by atoms with Crippen molar-refractivity contribution < 1.29 is 19.1 Å². The highest BCUT2D eigenvalue weighted by Gasteiger charge is 2.29. The lowest BCUT2D eigenvalue weighted by atomic mass is 10.1.